The first-order valence-corrected chi connectivity index (χ1v) is 11.3. The zero-order valence-electron chi connectivity index (χ0n) is 19.8. The Bertz CT molecular complexity index is 880. The van der Waals surface area contributed by atoms with Crippen molar-refractivity contribution < 1.29 is 39.3 Å². The van der Waals surface area contributed by atoms with Gasteiger partial charge in [-0.15, -0.1) is 0 Å². The molecule has 0 fully saturated rings. The van der Waals surface area contributed by atoms with Gasteiger partial charge in [0.2, 0.25) is 17.7 Å². The first kappa shape index (κ1) is 29.5. The van der Waals surface area contributed by atoms with Gasteiger partial charge in [-0.1, -0.05) is 50.6 Å². The van der Waals surface area contributed by atoms with Crippen LogP contribution in [0.4, 0.5) is 0 Å². The predicted molar refractivity (Wildman–Crippen MR) is 125 cm³/mol. The fourth-order valence-electron chi connectivity index (χ4n) is 3.15. The number of aliphatic carboxylic acids is 2. The highest BCUT2D eigenvalue weighted by Gasteiger charge is 2.32. The lowest BCUT2D eigenvalue weighted by Gasteiger charge is -2.27. The summed E-state index contributed by atoms with van der Waals surface area (Å²) in [7, 11) is 0. The zero-order chi connectivity index (χ0) is 26.5. The molecule has 12 nitrogen and oxygen atoms in total. The molecule has 194 valence electrons. The molecular formula is C23H34N4O8. The summed E-state index contributed by atoms with van der Waals surface area (Å²) >= 11 is 0. The molecule has 0 saturated heterocycles. The Kier molecular flexibility index (Phi) is 12.4. The summed E-state index contributed by atoms with van der Waals surface area (Å²) in [6.45, 7) is 2.65. The van der Waals surface area contributed by atoms with Crippen molar-refractivity contribution in [3.63, 3.8) is 0 Å². The normalized spacial score (nSPS) is 15.1. The van der Waals surface area contributed by atoms with Gasteiger partial charge in [0.25, 0.3) is 0 Å². The quantitative estimate of drug-likeness (QED) is 0.159. The summed E-state index contributed by atoms with van der Waals surface area (Å²) < 4.78 is 0. The highest BCUT2D eigenvalue weighted by molar-refractivity contribution is 5.94. The van der Waals surface area contributed by atoms with E-state index in [0.29, 0.717) is 12.0 Å². The monoisotopic (exact) mass is 494 g/mol. The van der Waals surface area contributed by atoms with E-state index in [4.69, 9.17) is 10.8 Å². The first-order chi connectivity index (χ1) is 16.5. The van der Waals surface area contributed by atoms with Crippen molar-refractivity contribution in [3.8, 4) is 0 Å². The van der Waals surface area contributed by atoms with Crippen LogP contribution in [0.15, 0.2) is 30.3 Å². The van der Waals surface area contributed by atoms with E-state index in [2.05, 4.69) is 16.0 Å². The number of carboxylic acid groups (broad SMARTS) is 2. The van der Waals surface area contributed by atoms with E-state index in [9.17, 15) is 34.2 Å². The molecule has 0 aliphatic rings. The minimum Gasteiger partial charge on any atom is -0.481 e. The Labute approximate surface area is 203 Å². The van der Waals surface area contributed by atoms with Crippen molar-refractivity contribution in [1.82, 2.24) is 16.0 Å². The second-order valence-electron chi connectivity index (χ2n) is 8.24. The average Bonchev–Trinajstić information content (AvgIpc) is 2.83. The third kappa shape index (κ3) is 10.1. The molecule has 0 bridgehead atoms. The summed E-state index contributed by atoms with van der Waals surface area (Å²) in [5.74, 6) is -5.21. The SMILES string of the molecule is CCC(C)C(NC(=O)C(N)CCC(=O)O)C(=O)NC(CO)C(=O)NC(Cc1ccccc1)C(=O)O. The lowest BCUT2D eigenvalue weighted by molar-refractivity contribution is -0.142. The standard InChI is InChI=1S/C23H34N4O8/c1-3-13(2)19(27-20(31)15(24)9-10-18(29)30)22(33)26-17(12-28)21(32)25-16(23(34)35)11-14-7-5-4-6-8-14/h4-8,13,15-17,19,28H,3,9-12,24H2,1-2H3,(H,25,32)(H,26,33)(H,27,31)(H,29,30)(H,34,35). The topological polar surface area (TPSA) is 208 Å². The maximum absolute atomic E-state index is 12.9. The number of aliphatic hydroxyl groups excluding tert-OH is 1. The van der Waals surface area contributed by atoms with Gasteiger partial charge >= 0.3 is 11.9 Å². The molecule has 1 aromatic rings. The van der Waals surface area contributed by atoms with Crippen molar-refractivity contribution in [2.45, 2.75) is 63.7 Å². The molecular weight excluding hydrogens is 460 g/mol. The first-order valence-electron chi connectivity index (χ1n) is 11.3. The van der Waals surface area contributed by atoms with Crippen LogP contribution in [0.1, 0.15) is 38.7 Å². The Morgan fingerprint density at radius 2 is 1.51 bits per heavy atom. The van der Waals surface area contributed by atoms with Crippen LogP contribution in [0.3, 0.4) is 0 Å². The predicted octanol–water partition coefficient (Wildman–Crippen LogP) is -1.00. The molecule has 1 aromatic carbocycles. The van der Waals surface area contributed by atoms with Crippen LogP contribution in [0.5, 0.6) is 0 Å². The van der Waals surface area contributed by atoms with Crippen LogP contribution in [-0.4, -0.2) is 75.8 Å². The molecule has 3 amide bonds. The van der Waals surface area contributed by atoms with Crippen molar-refractivity contribution in [3.05, 3.63) is 35.9 Å². The van der Waals surface area contributed by atoms with Gasteiger partial charge in [0.15, 0.2) is 0 Å². The number of nitrogens with two attached hydrogens (primary N) is 1. The van der Waals surface area contributed by atoms with Crippen LogP contribution in [0.2, 0.25) is 0 Å². The smallest absolute Gasteiger partial charge is 0.326 e. The number of carbonyl (C=O) groups excluding carboxylic acids is 3. The van der Waals surface area contributed by atoms with E-state index in [1.807, 2.05) is 0 Å². The molecule has 0 aliphatic heterocycles. The molecule has 8 N–H and O–H groups in total. The van der Waals surface area contributed by atoms with Crippen LogP contribution < -0.4 is 21.7 Å². The maximum Gasteiger partial charge on any atom is 0.326 e. The van der Waals surface area contributed by atoms with E-state index >= 15 is 0 Å². The van der Waals surface area contributed by atoms with Gasteiger partial charge in [0.1, 0.15) is 18.1 Å². The number of aliphatic hydroxyl groups is 1. The molecule has 0 radical (unpaired) electrons. The molecule has 0 aromatic heterocycles. The summed E-state index contributed by atoms with van der Waals surface area (Å²) in [6, 6.07) is 3.58. The highest BCUT2D eigenvalue weighted by atomic mass is 16.4. The van der Waals surface area contributed by atoms with E-state index < -0.39 is 66.4 Å². The molecule has 5 unspecified atom stereocenters. The number of hydrogen-bond acceptors (Lipinski definition) is 7. The number of carbonyl (C=O) groups is 5. The summed E-state index contributed by atoms with van der Waals surface area (Å²) in [5.41, 5.74) is 6.38. The Hall–Kier alpha value is -3.51. The number of amides is 3. The largest absolute Gasteiger partial charge is 0.481 e. The molecule has 1 rings (SSSR count). The van der Waals surface area contributed by atoms with Crippen molar-refractivity contribution >= 4 is 29.7 Å². The molecule has 0 saturated carbocycles. The maximum atomic E-state index is 12.9. The molecule has 0 spiro atoms. The minimum atomic E-state index is -1.47. The lowest BCUT2D eigenvalue weighted by atomic mass is 9.97. The van der Waals surface area contributed by atoms with Gasteiger partial charge in [-0.05, 0) is 17.9 Å². The summed E-state index contributed by atoms with van der Waals surface area (Å²) in [6.07, 6.45) is 0.00954. The minimum absolute atomic E-state index is 0.00616. The van der Waals surface area contributed by atoms with Gasteiger partial charge in [-0.2, -0.15) is 0 Å². The summed E-state index contributed by atoms with van der Waals surface area (Å²) in [4.78, 5) is 60.2. The molecule has 5 atom stereocenters. The van der Waals surface area contributed by atoms with E-state index in [1.165, 1.54) is 0 Å². The Balaban J connectivity index is 2.87. The number of nitrogens with one attached hydrogen (secondary N) is 3. The number of benzene rings is 1. The second kappa shape index (κ2) is 14.7. The Morgan fingerprint density at radius 1 is 0.914 bits per heavy atom. The number of rotatable bonds is 15. The third-order valence-electron chi connectivity index (χ3n) is 5.51. The van der Waals surface area contributed by atoms with E-state index in [1.54, 1.807) is 44.2 Å². The van der Waals surface area contributed by atoms with Crippen LogP contribution in [0, 0.1) is 5.92 Å². The molecule has 0 aliphatic carbocycles. The van der Waals surface area contributed by atoms with Crippen molar-refractivity contribution in [1.29, 1.82) is 0 Å². The van der Waals surface area contributed by atoms with Gasteiger partial charge in [0.05, 0.1) is 12.6 Å². The number of carboxylic acids is 2. The van der Waals surface area contributed by atoms with Crippen LogP contribution >= 0.6 is 0 Å². The Morgan fingerprint density at radius 3 is 2.03 bits per heavy atom. The average molecular weight is 495 g/mol. The lowest BCUT2D eigenvalue weighted by Crippen LogP contribution is -2.59. The fraction of sp³-hybridized carbons (Fsp3) is 0.522. The van der Waals surface area contributed by atoms with Gasteiger partial charge in [0, 0.05) is 12.8 Å². The molecule has 0 heterocycles. The van der Waals surface area contributed by atoms with Crippen LogP contribution in [-0.2, 0) is 30.4 Å². The highest BCUT2D eigenvalue weighted by Crippen LogP contribution is 2.10. The van der Waals surface area contributed by atoms with Crippen LogP contribution in [0.25, 0.3) is 0 Å². The van der Waals surface area contributed by atoms with Gasteiger partial charge in [-0.3, -0.25) is 19.2 Å². The van der Waals surface area contributed by atoms with Gasteiger partial charge < -0.3 is 37.0 Å². The molecule has 12 heteroatoms. The van der Waals surface area contributed by atoms with Crippen molar-refractivity contribution in [2.75, 3.05) is 6.61 Å². The number of hydrogen-bond donors (Lipinski definition) is 7. The molecule has 35 heavy (non-hydrogen) atoms. The second-order valence-corrected chi connectivity index (χ2v) is 8.24. The third-order valence-corrected chi connectivity index (χ3v) is 5.51. The zero-order valence-corrected chi connectivity index (χ0v) is 19.8. The summed E-state index contributed by atoms with van der Waals surface area (Å²) in [5, 5.41) is 35.0. The van der Waals surface area contributed by atoms with Crippen molar-refractivity contribution in [2.24, 2.45) is 11.7 Å². The van der Waals surface area contributed by atoms with E-state index in [0.717, 1.165) is 0 Å². The van der Waals surface area contributed by atoms with Gasteiger partial charge in [-0.25, -0.2) is 4.79 Å². The fourth-order valence-corrected chi connectivity index (χ4v) is 3.15. The van der Waals surface area contributed by atoms with E-state index in [-0.39, 0.29) is 19.3 Å².